The molecule has 0 bridgehead atoms. The molecule has 6 aromatic rings. The summed E-state index contributed by atoms with van der Waals surface area (Å²) in [4.78, 5) is 0. The molecule has 0 saturated heterocycles. The van der Waals surface area contributed by atoms with Crippen molar-refractivity contribution in [2.75, 3.05) is 0 Å². The van der Waals surface area contributed by atoms with Crippen LogP contribution >= 0.6 is 0 Å². The molecule has 2 aromatic heterocycles. The highest BCUT2D eigenvalue weighted by atomic mass is 16.3. The van der Waals surface area contributed by atoms with Crippen LogP contribution in [0.5, 0.6) is 0 Å². The van der Waals surface area contributed by atoms with Gasteiger partial charge in [-0.05, 0) is 65.8 Å². The third kappa shape index (κ3) is 3.38. The van der Waals surface area contributed by atoms with Crippen molar-refractivity contribution in [2.24, 2.45) is 7.05 Å². The van der Waals surface area contributed by atoms with Gasteiger partial charge in [-0.25, -0.2) is 4.57 Å². The number of hydrogen-bond acceptors (Lipinski definition) is 2. The fraction of sp³-hybridized carbons (Fsp3) is 0.143. The molecule has 0 spiro atoms. The number of aromatic nitrogens is 1. The van der Waals surface area contributed by atoms with Crippen molar-refractivity contribution >= 4 is 21.9 Å². The average Bonchev–Trinajstić information content (AvgIpc) is 3.54. The molecule has 182 valence electrons. The zero-order valence-corrected chi connectivity index (χ0v) is 21.5. The normalized spacial score (nSPS) is 14.6. The van der Waals surface area contributed by atoms with E-state index in [0.29, 0.717) is 11.5 Å². The molecule has 0 aliphatic heterocycles. The Morgan fingerprint density at radius 3 is 2.39 bits per heavy atom. The molecule has 3 heteroatoms. The zero-order chi connectivity index (χ0) is 25.8. The number of pyridine rings is 1. The van der Waals surface area contributed by atoms with E-state index in [1.807, 2.05) is 18.2 Å². The van der Waals surface area contributed by atoms with Gasteiger partial charge in [-0.1, -0.05) is 60.7 Å². The van der Waals surface area contributed by atoms with Gasteiger partial charge in [-0.3, -0.25) is 0 Å². The highest BCUT2D eigenvalue weighted by molar-refractivity contribution is 6.14. The second kappa shape index (κ2) is 8.71. The second-order valence-corrected chi connectivity index (χ2v) is 10.3. The van der Waals surface area contributed by atoms with E-state index in [4.69, 9.17) is 4.42 Å². The summed E-state index contributed by atoms with van der Waals surface area (Å²) in [5.41, 5.74) is 11.7. The van der Waals surface area contributed by atoms with Crippen LogP contribution < -0.4 is 4.57 Å². The third-order valence-corrected chi connectivity index (χ3v) is 8.16. The standard InChI is InChI=1S/C35H27N2O/c1-22-11-15-29-30-18-14-26(21-36)33(35(30)38-34(29)32(22)31-10-6-7-19-37(31)2)25-13-17-28-24(20-25)12-16-27(28)23-8-4-3-5-9-23/h3-11,13-15,17-20,27H,12,16H2,1-2H3/q+1. The van der Waals surface area contributed by atoms with Crippen LogP contribution in [0.3, 0.4) is 0 Å². The molecule has 1 atom stereocenters. The molecule has 2 heterocycles. The van der Waals surface area contributed by atoms with Crippen molar-refractivity contribution < 1.29 is 8.98 Å². The van der Waals surface area contributed by atoms with Crippen LogP contribution in [0.2, 0.25) is 0 Å². The molecule has 1 aliphatic carbocycles. The van der Waals surface area contributed by atoms with Crippen molar-refractivity contribution in [1.29, 1.82) is 5.26 Å². The highest BCUT2D eigenvalue weighted by Crippen LogP contribution is 2.44. The summed E-state index contributed by atoms with van der Waals surface area (Å²) in [6, 6.07) is 34.4. The number of aryl methyl sites for hydroxylation is 3. The predicted molar refractivity (Wildman–Crippen MR) is 152 cm³/mol. The summed E-state index contributed by atoms with van der Waals surface area (Å²) in [7, 11) is 2.06. The van der Waals surface area contributed by atoms with Gasteiger partial charge in [0, 0.05) is 34.4 Å². The van der Waals surface area contributed by atoms with Gasteiger partial charge in [0.2, 0.25) is 5.69 Å². The van der Waals surface area contributed by atoms with Crippen LogP contribution in [0.1, 0.15) is 40.2 Å². The van der Waals surface area contributed by atoms with Crippen molar-refractivity contribution in [3.63, 3.8) is 0 Å². The largest absolute Gasteiger partial charge is 0.454 e. The number of fused-ring (bicyclic) bond motifs is 4. The number of hydrogen-bond donors (Lipinski definition) is 0. The molecule has 0 saturated carbocycles. The van der Waals surface area contributed by atoms with E-state index in [-0.39, 0.29) is 0 Å². The quantitative estimate of drug-likeness (QED) is 0.235. The topological polar surface area (TPSA) is 40.8 Å². The zero-order valence-electron chi connectivity index (χ0n) is 21.5. The number of rotatable bonds is 3. The van der Waals surface area contributed by atoms with Gasteiger partial charge in [0.1, 0.15) is 18.2 Å². The minimum Gasteiger partial charge on any atom is -0.454 e. The lowest BCUT2D eigenvalue weighted by Crippen LogP contribution is -2.30. The second-order valence-electron chi connectivity index (χ2n) is 10.3. The smallest absolute Gasteiger partial charge is 0.216 e. The lowest BCUT2D eigenvalue weighted by molar-refractivity contribution is -0.660. The first-order valence-corrected chi connectivity index (χ1v) is 13.2. The molecular weight excluding hydrogens is 464 g/mol. The molecule has 4 aromatic carbocycles. The van der Waals surface area contributed by atoms with Gasteiger partial charge in [-0.15, -0.1) is 0 Å². The molecule has 1 unspecified atom stereocenters. The third-order valence-electron chi connectivity index (χ3n) is 8.16. The molecule has 7 rings (SSSR count). The van der Waals surface area contributed by atoms with Crippen LogP contribution in [-0.2, 0) is 13.5 Å². The van der Waals surface area contributed by atoms with E-state index in [1.54, 1.807) is 0 Å². The maximum absolute atomic E-state index is 10.1. The molecule has 0 fully saturated rings. The fourth-order valence-corrected chi connectivity index (χ4v) is 6.29. The SMILES string of the molecule is Cc1ccc2c(oc3c(-c4ccc5c(c4)CCC5c4ccccc4)c(C#N)ccc32)c1-c1cccc[n+]1C. The van der Waals surface area contributed by atoms with E-state index in [9.17, 15) is 5.26 Å². The Kier molecular flexibility index (Phi) is 5.16. The van der Waals surface area contributed by atoms with Gasteiger partial charge in [0.05, 0.1) is 17.2 Å². The Balaban J connectivity index is 1.45. The summed E-state index contributed by atoms with van der Waals surface area (Å²) in [6.07, 6.45) is 4.21. The van der Waals surface area contributed by atoms with Crippen LogP contribution in [0, 0.1) is 18.3 Å². The molecule has 38 heavy (non-hydrogen) atoms. The highest BCUT2D eigenvalue weighted by Gasteiger charge is 2.26. The van der Waals surface area contributed by atoms with Crippen molar-refractivity contribution in [3.8, 4) is 28.5 Å². The van der Waals surface area contributed by atoms with E-state index in [0.717, 1.165) is 62.7 Å². The minimum absolute atomic E-state index is 0.426. The molecule has 3 nitrogen and oxygen atoms in total. The Bertz CT molecular complexity index is 1910. The van der Waals surface area contributed by atoms with Crippen LogP contribution in [0.4, 0.5) is 0 Å². The van der Waals surface area contributed by atoms with E-state index in [2.05, 4.69) is 104 Å². The molecule has 0 radical (unpaired) electrons. The monoisotopic (exact) mass is 491 g/mol. The first-order chi connectivity index (χ1) is 18.6. The lowest BCUT2D eigenvalue weighted by atomic mass is 9.90. The number of nitrogens with zero attached hydrogens (tertiary/aromatic N) is 2. The summed E-state index contributed by atoms with van der Waals surface area (Å²) in [5.74, 6) is 0.426. The number of benzene rings is 4. The van der Waals surface area contributed by atoms with Crippen LogP contribution in [0.25, 0.3) is 44.3 Å². The van der Waals surface area contributed by atoms with Crippen molar-refractivity contribution in [1.82, 2.24) is 0 Å². The molecular formula is C35H27N2O+. The Morgan fingerprint density at radius 1 is 0.842 bits per heavy atom. The maximum atomic E-state index is 10.1. The van der Waals surface area contributed by atoms with Gasteiger partial charge in [-0.2, -0.15) is 5.26 Å². The predicted octanol–water partition coefficient (Wildman–Crippen LogP) is 8.00. The van der Waals surface area contributed by atoms with Gasteiger partial charge in [0.25, 0.3) is 0 Å². The minimum atomic E-state index is 0.426. The Hall–Kier alpha value is -4.68. The number of nitriles is 1. The fourth-order valence-electron chi connectivity index (χ4n) is 6.29. The molecule has 1 aliphatic rings. The van der Waals surface area contributed by atoms with E-state index < -0.39 is 0 Å². The first kappa shape index (κ1) is 22.5. The van der Waals surface area contributed by atoms with Crippen molar-refractivity contribution in [3.05, 3.63) is 125 Å². The lowest BCUT2D eigenvalue weighted by Gasteiger charge is -2.13. The van der Waals surface area contributed by atoms with Gasteiger partial charge in [0.15, 0.2) is 6.20 Å². The average molecular weight is 492 g/mol. The number of furan rings is 1. The summed E-state index contributed by atoms with van der Waals surface area (Å²) >= 11 is 0. The summed E-state index contributed by atoms with van der Waals surface area (Å²) in [5, 5.41) is 12.2. The summed E-state index contributed by atoms with van der Waals surface area (Å²) < 4.78 is 8.87. The molecule has 0 N–H and O–H groups in total. The van der Waals surface area contributed by atoms with Gasteiger partial charge >= 0.3 is 0 Å². The van der Waals surface area contributed by atoms with Gasteiger partial charge < -0.3 is 4.42 Å². The van der Waals surface area contributed by atoms with E-state index in [1.165, 1.54) is 16.7 Å². The van der Waals surface area contributed by atoms with Crippen LogP contribution in [-0.4, -0.2) is 0 Å². The summed E-state index contributed by atoms with van der Waals surface area (Å²) in [6.45, 7) is 2.13. The van der Waals surface area contributed by atoms with Crippen molar-refractivity contribution in [2.45, 2.75) is 25.7 Å². The molecule has 0 amide bonds. The van der Waals surface area contributed by atoms with Crippen LogP contribution in [0.15, 0.2) is 102 Å². The van der Waals surface area contributed by atoms with E-state index >= 15 is 0 Å². The first-order valence-electron chi connectivity index (χ1n) is 13.2. The maximum Gasteiger partial charge on any atom is 0.216 e. The Morgan fingerprint density at radius 2 is 1.61 bits per heavy atom. The Labute approximate surface area is 222 Å².